The van der Waals surface area contributed by atoms with Crippen molar-refractivity contribution in [1.29, 1.82) is 0 Å². The summed E-state index contributed by atoms with van der Waals surface area (Å²) in [7, 11) is -1.75. The molecule has 0 atom stereocenters. The van der Waals surface area contributed by atoms with Crippen molar-refractivity contribution in [3.63, 3.8) is 0 Å². The van der Waals surface area contributed by atoms with Gasteiger partial charge in [-0.15, -0.1) is 0 Å². The predicted molar refractivity (Wildman–Crippen MR) is 7.84 cm³/mol. The minimum atomic E-state index is -1.75. The molecule has 0 amide bonds. The molecule has 0 aliphatic rings. The van der Waals surface area contributed by atoms with E-state index in [0.717, 1.165) is 0 Å². The van der Waals surface area contributed by atoms with E-state index in [4.69, 9.17) is 9.26 Å². The van der Waals surface area contributed by atoms with Crippen molar-refractivity contribution in [2.45, 2.75) is 0 Å². The number of hydrogen-bond donors (Lipinski definition) is 0. The third-order valence-corrected chi connectivity index (χ3v) is 0. The van der Waals surface area contributed by atoms with E-state index in [1.165, 1.54) is 0 Å². The van der Waals surface area contributed by atoms with Crippen LogP contribution >= 0.6 is 0 Å². The summed E-state index contributed by atoms with van der Waals surface area (Å²) in [5.74, 6) is 0. The van der Waals surface area contributed by atoms with Crippen molar-refractivity contribution < 1.29 is 38.8 Å². The molecule has 0 unspecified atom stereocenters. The molecule has 0 aliphatic carbocycles. The van der Waals surface area contributed by atoms with E-state index >= 15 is 0 Å². The van der Waals surface area contributed by atoms with Crippen LogP contribution in [0.2, 0.25) is 0 Å². The van der Waals surface area contributed by atoms with E-state index in [2.05, 4.69) is 0 Å². The van der Waals surface area contributed by atoms with Crippen molar-refractivity contribution in [3.8, 4) is 0 Å². The largest absolute Gasteiger partial charge is 1.00 e. The molecular formula is HNaO2Si. The zero-order chi connectivity index (χ0) is 2.71. The van der Waals surface area contributed by atoms with E-state index in [-0.39, 0.29) is 29.6 Å². The molecule has 0 saturated heterocycles. The van der Waals surface area contributed by atoms with Crippen molar-refractivity contribution in [3.05, 3.63) is 0 Å². The van der Waals surface area contributed by atoms with Gasteiger partial charge in [0.05, 0.1) is 0 Å². The van der Waals surface area contributed by atoms with Crippen molar-refractivity contribution in [2.75, 3.05) is 0 Å². The van der Waals surface area contributed by atoms with Crippen LogP contribution in [0.4, 0.5) is 0 Å². The summed E-state index contributed by atoms with van der Waals surface area (Å²) in [5.41, 5.74) is 0. The average Bonchev–Trinajstić information content (AvgIpc) is 0.918. The van der Waals surface area contributed by atoms with Gasteiger partial charge in [-0.1, -0.05) is 0 Å². The average molecular weight is 84.1 g/mol. The Hall–Kier alpha value is 0.817. The summed E-state index contributed by atoms with van der Waals surface area (Å²) in [6.45, 7) is 0. The maximum atomic E-state index is 8.46. The van der Waals surface area contributed by atoms with Crippen LogP contribution in [0.5, 0.6) is 0 Å². The molecule has 4 heavy (non-hydrogen) atoms. The molecule has 0 aromatic rings. The molecule has 2 nitrogen and oxygen atoms in total. The summed E-state index contributed by atoms with van der Waals surface area (Å²) in [5, 5.41) is 0. The van der Waals surface area contributed by atoms with Gasteiger partial charge in [0.1, 0.15) is 9.65 Å². The van der Waals surface area contributed by atoms with Gasteiger partial charge in [-0.25, -0.2) is 0 Å². The minimum absolute atomic E-state index is 0. The second kappa shape index (κ2) is 9.17. The van der Waals surface area contributed by atoms with Crippen LogP contribution in [-0.2, 0) is 4.46 Å². The van der Waals surface area contributed by atoms with E-state index in [1.807, 2.05) is 0 Å². The molecule has 18 valence electrons. The predicted octanol–water partition coefficient (Wildman–Crippen LogP) is -4.95. The number of hydrogen-bond acceptors (Lipinski definition) is 2. The van der Waals surface area contributed by atoms with Crippen molar-refractivity contribution >= 4 is 9.65 Å². The van der Waals surface area contributed by atoms with E-state index in [9.17, 15) is 0 Å². The maximum absolute atomic E-state index is 8.46. The Morgan fingerprint density at radius 2 is 1.75 bits per heavy atom. The van der Waals surface area contributed by atoms with Gasteiger partial charge in [0.15, 0.2) is 0 Å². The SMILES string of the molecule is O=[SiH][O-].[Na+]. The first kappa shape index (κ1) is 8.84. The zero-order valence-electron chi connectivity index (χ0n) is 2.39. The fraction of sp³-hybridized carbons (Fsp3) is 0. The standard InChI is InChI=1S/Na.HO2Si/c;1-3-2/h;3H/q+1;-1. The molecule has 0 heterocycles. The van der Waals surface area contributed by atoms with Crippen LogP contribution in [0.1, 0.15) is 0 Å². The Bertz CT molecular complexity index is 13.5. The van der Waals surface area contributed by atoms with Gasteiger partial charge in [-0.05, 0) is 0 Å². The van der Waals surface area contributed by atoms with Gasteiger partial charge in [0, 0.05) is 0 Å². The molecule has 0 aromatic carbocycles. The quantitative estimate of drug-likeness (QED) is 0.276. The van der Waals surface area contributed by atoms with Crippen LogP contribution in [0, 0.1) is 0 Å². The molecule has 4 heteroatoms. The van der Waals surface area contributed by atoms with E-state index in [1.54, 1.807) is 0 Å². The van der Waals surface area contributed by atoms with Gasteiger partial charge in [-0.2, -0.15) is 0 Å². The van der Waals surface area contributed by atoms with Gasteiger partial charge in [0.25, 0.3) is 0 Å². The second-order valence-electron chi connectivity index (χ2n) is 0.0962. The number of rotatable bonds is 0. The first-order chi connectivity index (χ1) is 1.41. The topological polar surface area (TPSA) is 40.1 Å². The summed E-state index contributed by atoms with van der Waals surface area (Å²) < 4.78 is 8.46. The van der Waals surface area contributed by atoms with Gasteiger partial charge >= 0.3 is 29.6 Å². The molecule has 0 aromatic heterocycles. The van der Waals surface area contributed by atoms with E-state index < -0.39 is 9.65 Å². The van der Waals surface area contributed by atoms with Crippen LogP contribution in [0.3, 0.4) is 0 Å². The molecule has 0 rings (SSSR count). The Morgan fingerprint density at radius 1 is 1.75 bits per heavy atom. The van der Waals surface area contributed by atoms with Crippen LogP contribution < -0.4 is 34.4 Å². The van der Waals surface area contributed by atoms with Crippen molar-refractivity contribution in [2.24, 2.45) is 0 Å². The monoisotopic (exact) mass is 84.0 g/mol. The fourth-order valence-electron chi connectivity index (χ4n) is 0. The molecule has 0 bridgehead atoms. The van der Waals surface area contributed by atoms with Crippen molar-refractivity contribution in [1.82, 2.24) is 0 Å². The van der Waals surface area contributed by atoms with Gasteiger partial charge in [-0.3, -0.25) is 0 Å². The molecule has 0 saturated carbocycles. The van der Waals surface area contributed by atoms with E-state index in [0.29, 0.717) is 0 Å². The maximum Gasteiger partial charge on any atom is 1.00 e. The first-order valence-corrected chi connectivity index (χ1v) is 1.41. The summed E-state index contributed by atoms with van der Waals surface area (Å²) in [6, 6.07) is 0. The van der Waals surface area contributed by atoms with Crippen LogP contribution in [-0.4, -0.2) is 9.65 Å². The van der Waals surface area contributed by atoms with Crippen LogP contribution in [0.25, 0.3) is 0 Å². The summed E-state index contributed by atoms with van der Waals surface area (Å²) in [6.07, 6.45) is 0. The Balaban J connectivity index is 0. The van der Waals surface area contributed by atoms with Crippen LogP contribution in [0.15, 0.2) is 0 Å². The fourth-order valence-corrected chi connectivity index (χ4v) is 0. The zero-order valence-corrected chi connectivity index (χ0v) is 5.55. The smallest absolute Gasteiger partial charge is 0.591 e. The normalized spacial score (nSPS) is 3.00. The first-order valence-electron chi connectivity index (χ1n) is 0.471. The third kappa shape index (κ3) is 13.9. The van der Waals surface area contributed by atoms with Gasteiger partial charge in [0.2, 0.25) is 0 Å². The Kier molecular flexibility index (Phi) is 20.3. The summed E-state index contributed by atoms with van der Waals surface area (Å²) in [4.78, 5) is 8.46. The molecule has 0 aliphatic heterocycles. The third-order valence-electron chi connectivity index (χ3n) is 0. The molecule has 0 spiro atoms. The molecule has 0 N–H and O–H groups in total. The Morgan fingerprint density at radius 3 is 1.75 bits per heavy atom. The second-order valence-corrected chi connectivity index (χ2v) is 0.289. The van der Waals surface area contributed by atoms with Gasteiger partial charge < -0.3 is 9.26 Å². The summed E-state index contributed by atoms with van der Waals surface area (Å²) >= 11 is 0. The molecule has 0 fully saturated rings. The minimum Gasteiger partial charge on any atom is -0.591 e. The Labute approximate surface area is 48.5 Å². The molecule has 0 radical (unpaired) electrons. The molecular weight excluding hydrogens is 83.1 g/mol.